The molecule has 11 heteroatoms. The number of aryl methyl sites for hydroxylation is 1. The molecule has 0 aliphatic heterocycles. The van der Waals surface area contributed by atoms with Gasteiger partial charge in [0.25, 0.3) is 10.0 Å². The largest absolute Gasteiger partial charge is 0.481 e. The highest BCUT2D eigenvalue weighted by Gasteiger charge is 2.28. The number of hydrogen-bond donors (Lipinski definition) is 2. The lowest BCUT2D eigenvalue weighted by Crippen LogP contribution is -2.34. The van der Waals surface area contributed by atoms with Gasteiger partial charge in [-0.1, -0.05) is 26.0 Å². The van der Waals surface area contributed by atoms with Crippen molar-refractivity contribution in [2.45, 2.75) is 57.5 Å². The zero-order valence-corrected chi connectivity index (χ0v) is 21.1. The molecule has 0 radical (unpaired) electrons. The highest BCUT2D eigenvalue weighted by atomic mass is 32.2. The number of ether oxygens (including phenoxy) is 1. The van der Waals surface area contributed by atoms with Crippen LogP contribution in [0.1, 0.15) is 50.3 Å². The Balaban J connectivity index is 1.94. The number of rotatable bonds is 9. The smallest absolute Gasteiger partial charge is 0.307 e. The number of carboxylic acid groups (broad SMARTS) is 1. The fraction of sp³-hybridized carbons (Fsp3) is 0.375. The molecule has 3 rings (SSSR count). The predicted molar refractivity (Wildman–Crippen MR) is 128 cm³/mol. The van der Waals surface area contributed by atoms with Gasteiger partial charge in [-0.25, -0.2) is 22.9 Å². The summed E-state index contributed by atoms with van der Waals surface area (Å²) in [5.74, 6) is -1.56. The molecule has 3 aromatic rings. The number of carbonyl (C=O) groups is 1. The van der Waals surface area contributed by atoms with Gasteiger partial charge in [-0.15, -0.1) is 0 Å². The molecule has 35 heavy (non-hydrogen) atoms. The molecule has 0 amide bonds. The molecular formula is C24H29FN4O5S. The van der Waals surface area contributed by atoms with Gasteiger partial charge in [-0.05, 0) is 60.6 Å². The van der Waals surface area contributed by atoms with Crippen LogP contribution in [0.25, 0.3) is 11.1 Å². The Hall–Kier alpha value is -3.31. The Morgan fingerprint density at radius 3 is 2.54 bits per heavy atom. The number of sulfonamides is 1. The topological polar surface area (TPSA) is 137 Å². The van der Waals surface area contributed by atoms with Crippen molar-refractivity contribution in [3.63, 3.8) is 0 Å². The van der Waals surface area contributed by atoms with E-state index in [2.05, 4.69) is 10.1 Å². The summed E-state index contributed by atoms with van der Waals surface area (Å²) in [4.78, 5) is 15.9. The molecule has 0 aliphatic carbocycles. The van der Waals surface area contributed by atoms with E-state index in [0.717, 1.165) is 38.7 Å². The predicted octanol–water partition coefficient (Wildman–Crippen LogP) is 3.60. The Kier molecular flexibility index (Phi) is 7.32. The summed E-state index contributed by atoms with van der Waals surface area (Å²) < 4.78 is 44.1. The quantitative estimate of drug-likeness (QED) is 0.454. The molecule has 2 aromatic heterocycles. The van der Waals surface area contributed by atoms with E-state index >= 15 is 0 Å². The summed E-state index contributed by atoms with van der Waals surface area (Å²) >= 11 is 0. The number of halogens is 1. The third kappa shape index (κ3) is 5.85. The second kappa shape index (κ2) is 9.74. The van der Waals surface area contributed by atoms with Crippen molar-refractivity contribution < 1.29 is 27.4 Å². The van der Waals surface area contributed by atoms with Crippen molar-refractivity contribution in [1.29, 1.82) is 0 Å². The van der Waals surface area contributed by atoms with Crippen molar-refractivity contribution in [1.82, 2.24) is 14.8 Å². The minimum atomic E-state index is -4.30. The van der Waals surface area contributed by atoms with E-state index in [-0.39, 0.29) is 24.8 Å². The molecule has 0 aliphatic rings. The number of carboxylic acids is 1. The van der Waals surface area contributed by atoms with Crippen molar-refractivity contribution in [3.05, 3.63) is 59.2 Å². The van der Waals surface area contributed by atoms with Gasteiger partial charge >= 0.3 is 5.97 Å². The SMILES string of the molecule is Cc1ccc(C(C)C)c(CC(=O)O)c1-c1ccnc(OCC(C)(C)n2cc(F)c(S(N)(=O)=O)n2)c1. The maximum Gasteiger partial charge on any atom is 0.307 e. The van der Waals surface area contributed by atoms with Gasteiger partial charge in [0.2, 0.25) is 10.9 Å². The van der Waals surface area contributed by atoms with Gasteiger partial charge in [0.05, 0.1) is 18.2 Å². The monoisotopic (exact) mass is 504 g/mol. The zero-order valence-electron chi connectivity index (χ0n) is 20.2. The Bertz CT molecular complexity index is 1370. The number of aliphatic carboxylic acids is 1. The summed E-state index contributed by atoms with van der Waals surface area (Å²) in [6.07, 6.45) is 2.40. The van der Waals surface area contributed by atoms with E-state index < -0.39 is 32.4 Å². The van der Waals surface area contributed by atoms with Gasteiger partial charge < -0.3 is 9.84 Å². The van der Waals surface area contributed by atoms with Crippen molar-refractivity contribution in [2.24, 2.45) is 5.14 Å². The third-order valence-corrected chi connectivity index (χ3v) is 6.45. The normalized spacial score (nSPS) is 12.2. The number of aromatic nitrogens is 3. The number of primary sulfonamides is 1. The molecule has 0 saturated carbocycles. The minimum absolute atomic E-state index is 0.0123. The number of nitrogens with two attached hydrogens (primary N) is 1. The average molecular weight is 505 g/mol. The lowest BCUT2D eigenvalue weighted by molar-refractivity contribution is -0.136. The van der Waals surface area contributed by atoms with E-state index in [0.29, 0.717) is 0 Å². The molecule has 2 heterocycles. The third-order valence-electron chi connectivity index (χ3n) is 5.63. The van der Waals surface area contributed by atoms with Crippen LogP contribution in [-0.2, 0) is 26.8 Å². The molecule has 9 nitrogen and oxygen atoms in total. The van der Waals surface area contributed by atoms with Crippen LogP contribution in [0.3, 0.4) is 0 Å². The lowest BCUT2D eigenvalue weighted by atomic mass is 9.86. The van der Waals surface area contributed by atoms with Crippen molar-refractivity contribution >= 4 is 16.0 Å². The molecule has 0 unspecified atom stereocenters. The molecular weight excluding hydrogens is 475 g/mol. The maximum atomic E-state index is 14.1. The van der Waals surface area contributed by atoms with Gasteiger partial charge in [0, 0.05) is 12.3 Å². The first-order chi connectivity index (χ1) is 16.2. The first-order valence-corrected chi connectivity index (χ1v) is 12.5. The number of benzene rings is 1. The fourth-order valence-electron chi connectivity index (χ4n) is 3.87. The number of nitrogens with zero attached hydrogens (tertiary/aromatic N) is 3. The average Bonchev–Trinajstić information content (AvgIpc) is 3.15. The molecule has 0 saturated heterocycles. The van der Waals surface area contributed by atoms with E-state index in [1.54, 1.807) is 32.2 Å². The van der Waals surface area contributed by atoms with E-state index in [1.807, 2.05) is 32.9 Å². The Labute approximate surface area is 203 Å². The van der Waals surface area contributed by atoms with E-state index in [1.165, 1.54) is 0 Å². The zero-order chi connectivity index (χ0) is 26.1. The summed E-state index contributed by atoms with van der Waals surface area (Å²) in [5, 5.41) is 17.5. The van der Waals surface area contributed by atoms with Gasteiger partial charge in [0.1, 0.15) is 6.61 Å². The summed E-state index contributed by atoms with van der Waals surface area (Å²) in [7, 11) is -4.30. The molecule has 1 aromatic carbocycles. The standard InChI is InChI=1S/C24H29FN4O5S/c1-14(2)17-7-6-15(3)22(18(17)11-21(30)31)16-8-9-27-20(10-16)34-13-24(4,5)29-12-19(25)23(28-29)35(26,32)33/h6-10,12,14H,11,13H2,1-5H3,(H,30,31)(H2,26,32,33). The minimum Gasteiger partial charge on any atom is -0.481 e. The fourth-order valence-corrected chi connectivity index (χ4v) is 4.39. The molecule has 3 N–H and O–H groups in total. The van der Waals surface area contributed by atoms with Crippen LogP contribution < -0.4 is 9.88 Å². The first-order valence-electron chi connectivity index (χ1n) is 10.9. The number of hydrogen-bond acceptors (Lipinski definition) is 6. The molecule has 188 valence electrons. The molecule has 0 fully saturated rings. The van der Waals surface area contributed by atoms with Gasteiger partial charge in [-0.2, -0.15) is 5.10 Å². The van der Waals surface area contributed by atoms with E-state index in [4.69, 9.17) is 9.88 Å². The Morgan fingerprint density at radius 1 is 1.29 bits per heavy atom. The first kappa shape index (κ1) is 26.3. The molecule has 0 spiro atoms. The highest BCUT2D eigenvalue weighted by Crippen LogP contribution is 2.35. The molecule has 0 atom stereocenters. The van der Waals surface area contributed by atoms with Crippen LogP contribution in [0.5, 0.6) is 5.88 Å². The van der Waals surface area contributed by atoms with Crippen molar-refractivity contribution in [3.8, 4) is 17.0 Å². The summed E-state index contributed by atoms with van der Waals surface area (Å²) in [6, 6.07) is 7.43. The van der Waals surface area contributed by atoms with Crippen LogP contribution in [0, 0.1) is 12.7 Å². The Morgan fingerprint density at radius 2 is 1.97 bits per heavy atom. The second-order valence-electron chi connectivity index (χ2n) is 9.31. The summed E-state index contributed by atoms with van der Waals surface area (Å²) in [6.45, 7) is 9.32. The highest BCUT2D eigenvalue weighted by molar-refractivity contribution is 7.89. The van der Waals surface area contributed by atoms with Crippen LogP contribution in [0.15, 0.2) is 41.7 Å². The van der Waals surface area contributed by atoms with Crippen LogP contribution in [-0.4, -0.2) is 40.9 Å². The van der Waals surface area contributed by atoms with E-state index in [9.17, 15) is 22.7 Å². The van der Waals surface area contributed by atoms with Gasteiger partial charge in [0.15, 0.2) is 5.82 Å². The van der Waals surface area contributed by atoms with Crippen LogP contribution in [0.4, 0.5) is 4.39 Å². The van der Waals surface area contributed by atoms with Crippen molar-refractivity contribution in [2.75, 3.05) is 6.61 Å². The summed E-state index contributed by atoms with van der Waals surface area (Å²) in [5.41, 5.74) is 3.25. The molecule has 0 bridgehead atoms. The maximum absolute atomic E-state index is 14.1. The van der Waals surface area contributed by atoms with Gasteiger partial charge in [-0.3, -0.25) is 9.48 Å². The lowest BCUT2D eigenvalue weighted by Gasteiger charge is -2.25. The van der Waals surface area contributed by atoms with Crippen LogP contribution >= 0.6 is 0 Å². The second-order valence-corrected chi connectivity index (χ2v) is 10.8. The number of pyridine rings is 1. The van der Waals surface area contributed by atoms with Crippen LogP contribution in [0.2, 0.25) is 0 Å².